The number of piperazine rings is 1. The Labute approximate surface area is 228 Å². The van der Waals surface area contributed by atoms with Gasteiger partial charge in [-0.25, -0.2) is 9.59 Å². The second kappa shape index (κ2) is 14.4. The van der Waals surface area contributed by atoms with Crippen LogP contribution in [0.1, 0.15) is 11.1 Å². The van der Waals surface area contributed by atoms with E-state index in [9.17, 15) is 9.59 Å². The SMILES string of the molecule is O=C(Nc1ccc(N2CCN(C(=O)OCc3ccccc3)CC2)cc1OC/C=C\CO)OCc1ccccc1. The molecule has 0 spiro atoms. The summed E-state index contributed by atoms with van der Waals surface area (Å²) in [7, 11) is 0. The Bertz CT molecular complexity index is 1230. The van der Waals surface area contributed by atoms with Gasteiger partial charge in [-0.2, -0.15) is 0 Å². The number of aliphatic hydroxyl groups excluding tert-OH is 1. The molecule has 0 radical (unpaired) electrons. The van der Waals surface area contributed by atoms with E-state index in [2.05, 4.69) is 10.2 Å². The maximum Gasteiger partial charge on any atom is 0.412 e. The smallest absolute Gasteiger partial charge is 0.412 e. The molecule has 9 nitrogen and oxygen atoms in total. The molecule has 0 aromatic heterocycles. The number of amides is 2. The van der Waals surface area contributed by atoms with E-state index in [0.29, 0.717) is 37.6 Å². The number of hydrogen-bond acceptors (Lipinski definition) is 7. The molecule has 1 heterocycles. The van der Waals surface area contributed by atoms with Gasteiger partial charge in [0.1, 0.15) is 25.6 Å². The van der Waals surface area contributed by atoms with E-state index in [1.807, 2.05) is 72.8 Å². The highest BCUT2D eigenvalue weighted by Gasteiger charge is 2.23. The number of benzene rings is 3. The van der Waals surface area contributed by atoms with E-state index >= 15 is 0 Å². The molecule has 1 fully saturated rings. The lowest BCUT2D eigenvalue weighted by Crippen LogP contribution is -2.48. The zero-order valence-corrected chi connectivity index (χ0v) is 21.7. The first kappa shape index (κ1) is 27.5. The van der Waals surface area contributed by atoms with Gasteiger partial charge < -0.3 is 29.1 Å². The highest BCUT2D eigenvalue weighted by Crippen LogP contribution is 2.31. The van der Waals surface area contributed by atoms with Gasteiger partial charge in [0.2, 0.25) is 0 Å². The summed E-state index contributed by atoms with van der Waals surface area (Å²) in [6.07, 6.45) is 2.36. The van der Waals surface area contributed by atoms with E-state index in [1.54, 1.807) is 23.1 Å². The minimum absolute atomic E-state index is 0.0849. The van der Waals surface area contributed by atoms with Crippen molar-refractivity contribution in [2.45, 2.75) is 13.2 Å². The van der Waals surface area contributed by atoms with E-state index in [-0.39, 0.29) is 32.5 Å². The summed E-state index contributed by atoms with van der Waals surface area (Å²) in [6, 6.07) is 24.5. The van der Waals surface area contributed by atoms with Crippen LogP contribution >= 0.6 is 0 Å². The third-order valence-electron chi connectivity index (χ3n) is 6.13. The fourth-order valence-corrected chi connectivity index (χ4v) is 4.04. The normalized spacial score (nSPS) is 13.3. The third-order valence-corrected chi connectivity index (χ3v) is 6.13. The van der Waals surface area contributed by atoms with E-state index in [1.165, 1.54) is 0 Å². The summed E-state index contributed by atoms with van der Waals surface area (Å²) in [5.41, 5.74) is 3.20. The average Bonchev–Trinajstić information content (AvgIpc) is 2.99. The van der Waals surface area contributed by atoms with Crippen LogP contribution in [0.4, 0.5) is 21.0 Å². The Kier molecular flexibility index (Phi) is 10.2. The zero-order chi connectivity index (χ0) is 27.3. The van der Waals surface area contributed by atoms with Crippen LogP contribution in [0.2, 0.25) is 0 Å². The van der Waals surface area contributed by atoms with Crippen molar-refractivity contribution in [2.75, 3.05) is 49.6 Å². The highest BCUT2D eigenvalue weighted by molar-refractivity contribution is 5.87. The van der Waals surface area contributed by atoms with E-state index < -0.39 is 6.09 Å². The van der Waals surface area contributed by atoms with E-state index in [0.717, 1.165) is 16.8 Å². The number of nitrogens with one attached hydrogen (secondary N) is 1. The van der Waals surface area contributed by atoms with Gasteiger partial charge in [-0.3, -0.25) is 5.32 Å². The van der Waals surface area contributed by atoms with Crippen LogP contribution in [0.25, 0.3) is 0 Å². The van der Waals surface area contributed by atoms with Gasteiger partial charge in [0.05, 0.1) is 12.3 Å². The van der Waals surface area contributed by atoms with Crippen molar-refractivity contribution in [2.24, 2.45) is 0 Å². The van der Waals surface area contributed by atoms with Gasteiger partial charge in [-0.1, -0.05) is 66.7 Å². The number of rotatable bonds is 10. The second-order valence-corrected chi connectivity index (χ2v) is 8.85. The van der Waals surface area contributed by atoms with Gasteiger partial charge in [0.25, 0.3) is 0 Å². The third kappa shape index (κ3) is 8.51. The molecule has 9 heteroatoms. The number of aliphatic hydroxyl groups is 1. The van der Waals surface area contributed by atoms with Crippen LogP contribution in [0.5, 0.6) is 5.75 Å². The lowest BCUT2D eigenvalue weighted by atomic mass is 10.2. The Morgan fingerprint density at radius 2 is 1.46 bits per heavy atom. The predicted octanol–water partition coefficient (Wildman–Crippen LogP) is 4.82. The van der Waals surface area contributed by atoms with Gasteiger partial charge >= 0.3 is 12.2 Å². The summed E-state index contributed by atoms with van der Waals surface area (Å²) in [6.45, 7) is 2.82. The van der Waals surface area contributed by atoms with Crippen LogP contribution in [0, 0.1) is 0 Å². The molecule has 4 rings (SSSR count). The molecule has 204 valence electrons. The minimum Gasteiger partial charge on any atom is -0.487 e. The first-order chi connectivity index (χ1) is 19.1. The molecule has 0 aliphatic carbocycles. The van der Waals surface area contributed by atoms with Gasteiger partial charge in [-0.05, 0) is 29.3 Å². The maximum absolute atomic E-state index is 12.5. The zero-order valence-electron chi connectivity index (χ0n) is 21.7. The van der Waals surface area contributed by atoms with Gasteiger partial charge in [0, 0.05) is 37.9 Å². The molecular weight excluding hydrogens is 498 g/mol. The van der Waals surface area contributed by atoms with Crippen molar-refractivity contribution >= 4 is 23.6 Å². The molecule has 3 aromatic rings. The number of nitrogens with zero attached hydrogens (tertiary/aromatic N) is 2. The summed E-state index contributed by atoms with van der Waals surface area (Å²) in [4.78, 5) is 28.8. The molecule has 0 atom stereocenters. The molecule has 0 bridgehead atoms. The monoisotopic (exact) mass is 531 g/mol. The first-order valence-electron chi connectivity index (χ1n) is 12.8. The lowest BCUT2D eigenvalue weighted by molar-refractivity contribution is 0.0942. The second-order valence-electron chi connectivity index (χ2n) is 8.85. The van der Waals surface area contributed by atoms with Crippen LogP contribution in [-0.4, -0.2) is 61.6 Å². The summed E-state index contributed by atoms with van der Waals surface area (Å²) < 4.78 is 16.7. The largest absolute Gasteiger partial charge is 0.487 e. The molecule has 0 saturated carbocycles. The van der Waals surface area contributed by atoms with Crippen molar-refractivity contribution in [3.05, 3.63) is 102 Å². The van der Waals surface area contributed by atoms with Crippen molar-refractivity contribution in [3.63, 3.8) is 0 Å². The lowest BCUT2D eigenvalue weighted by Gasteiger charge is -2.35. The summed E-state index contributed by atoms with van der Waals surface area (Å²) >= 11 is 0. The number of carbonyl (C=O) groups excluding carboxylic acids is 2. The molecule has 1 aliphatic rings. The topological polar surface area (TPSA) is 101 Å². The maximum atomic E-state index is 12.5. The quantitative estimate of drug-likeness (QED) is 0.362. The number of anilines is 2. The van der Waals surface area contributed by atoms with Crippen molar-refractivity contribution in [1.29, 1.82) is 0 Å². The predicted molar refractivity (Wildman–Crippen MR) is 149 cm³/mol. The Morgan fingerprint density at radius 1 is 0.821 bits per heavy atom. The van der Waals surface area contributed by atoms with Crippen molar-refractivity contribution < 1.29 is 28.9 Å². The Balaban J connectivity index is 1.34. The Morgan fingerprint density at radius 3 is 2.10 bits per heavy atom. The fraction of sp³-hybridized carbons (Fsp3) is 0.267. The molecule has 39 heavy (non-hydrogen) atoms. The van der Waals surface area contributed by atoms with Gasteiger partial charge in [0.15, 0.2) is 0 Å². The van der Waals surface area contributed by atoms with Crippen molar-refractivity contribution in [3.8, 4) is 5.75 Å². The minimum atomic E-state index is -0.593. The van der Waals surface area contributed by atoms with Crippen molar-refractivity contribution in [1.82, 2.24) is 4.90 Å². The summed E-state index contributed by atoms with van der Waals surface area (Å²) in [5.74, 6) is 0.469. The fourth-order valence-electron chi connectivity index (χ4n) is 4.04. The van der Waals surface area contributed by atoms with Crippen LogP contribution in [0.15, 0.2) is 91.0 Å². The Hall–Kier alpha value is -4.50. The molecule has 3 aromatic carbocycles. The van der Waals surface area contributed by atoms with Crippen LogP contribution in [-0.2, 0) is 22.7 Å². The number of carbonyl (C=O) groups is 2. The molecule has 2 N–H and O–H groups in total. The van der Waals surface area contributed by atoms with E-state index in [4.69, 9.17) is 19.3 Å². The molecule has 1 aliphatic heterocycles. The number of hydrogen-bond donors (Lipinski definition) is 2. The first-order valence-corrected chi connectivity index (χ1v) is 12.8. The molecule has 2 amide bonds. The molecule has 1 saturated heterocycles. The summed E-state index contributed by atoms with van der Waals surface area (Å²) in [5, 5.41) is 11.8. The molecule has 0 unspecified atom stereocenters. The average molecular weight is 532 g/mol. The highest BCUT2D eigenvalue weighted by atomic mass is 16.6. The number of ether oxygens (including phenoxy) is 3. The van der Waals surface area contributed by atoms with Crippen LogP contribution in [0.3, 0.4) is 0 Å². The van der Waals surface area contributed by atoms with Gasteiger partial charge in [-0.15, -0.1) is 0 Å². The van der Waals surface area contributed by atoms with Crippen LogP contribution < -0.4 is 15.0 Å². The molecular formula is C30H33N3O6. The standard InChI is InChI=1S/C30H33N3O6/c34-19-7-8-20-37-28-21-26(13-14-27(28)31-29(35)38-22-24-9-3-1-4-10-24)32-15-17-33(18-16-32)30(36)39-23-25-11-5-2-6-12-25/h1-14,21,34H,15-20,22-23H2,(H,31,35)/b8-7-.